The van der Waals surface area contributed by atoms with Gasteiger partial charge < -0.3 is 4.90 Å². The van der Waals surface area contributed by atoms with Crippen molar-refractivity contribution in [3.8, 4) is 5.69 Å². The molecule has 1 heterocycles. The summed E-state index contributed by atoms with van der Waals surface area (Å²) >= 11 is 1.23. The van der Waals surface area contributed by atoms with E-state index in [1.54, 1.807) is 4.68 Å². The van der Waals surface area contributed by atoms with Gasteiger partial charge in [0.15, 0.2) is 0 Å². The number of nitrogens with zero attached hydrogens (tertiary/aromatic N) is 7. The van der Waals surface area contributed by atoms with E-state index in [-0.39, 0.29) is 17.1 Å². The zero-order chi connectivity index (χ0) is 21.7. The SMILES string of the molecule is CCN(CC)c1ccc(-n2nnnc2SCc2cc([N+](=O)[O-])cc([N+](=O)[O-])c2)cc1. The molecule has 0 aliphatic carbocycles. The number of aromatic nitrogens is 4. The van der Waals surface area contributed by atoms with Gasteiger partial charge in [-0.05, 0) is 54.1 Å². The van der Waals surface area contributed by atoms with Crippen LogP contribution in [0.15, 0.2) is 47.6 Å². The number of tetrazole rings is 1. The zero-order valence-corrected chi connectivity index (χ0v) is 17.2. The summed E-state index contributed by atoms with van der Waals surface area (Å²) in [6, 6.07) is 11.4. The maximum Gasteiger partial charge on any atom is 0.276 e. The minimum atomic E-state index is -0.650. The van der Waals surface area contributed by atoms with E-state index < -0.39 is 9.85 Å². The average Bonchev–Trinajstić information content (AvgIpc) is 3.22. The third kappa shape index (κ3) is 4.71. The normalized spacial score (nSPS) is 10.7. The highest BCUT2D eigenvalue weighted by Gasteiger charge is 2.17. The van der Waals surface area contributed by atoms with Crippen LogP contribution in [0.2, 0.25) is 0 Å². The Morgan fingerprint density at radius 1 is 1.00 bits per heavy atom. The van der Waals surface area contributed by atoms with E-state index in [1.165, 1.54) is 23.9 Å². The van der Waals surface area contributed by atoms with Crippen molar-refractivity contribution in [1.82, 2.24) is 20.2 Å². The van der Waals surface area contributed by atoms with E-state index in [9.17, 15) is 20.2 Å². The Morgan fingerprint density at radius 2 is 1.60 bits per heavy atom. The summed E-state index contributed by atoms with van der Waals surface area (Å²) in [5.41, 5.74) is 1.64. The zero-order valence-electron chi connectivity index (χ0n) is 16.3. The van der Waals surface area contributed by atoms with Gasteiger partial charge in [0.1, 0.15) is 0 Å². The number of thioether (sulfide) groups is 1. The molecular formula is C18H19N7O4S. The number of benzene rings is 2. The molecule has 3 rings (SSSR count). The summed E-state index contributed by atoms with van der Waals surface area (Å²) in [6.45, 7) is 5.98. The third-order valence-corrected chi connectivity index (χ3v) is 5.41. The van der Waals surface area contributed by atoms with Gasteiger partial charge in [-0.1, -0.05) is 11.8 Å². The number of hydrogen-bond donors (Lipinski definition) is 0. The molecule has 0 amide bonds. The fraction of sp³-hybridized carbons (Fsp3) is 0.278. The van der Waals surface area contributed by atoms with Crippen LogP contribution < -0.4 is 4.90 Å². The molecule has 1 aromatic heterocycles. The summed E-state index contributed by atoms with van der Waals surface area (Å²) in [6.07, 6.45) is 0. The quantitative estimate of drug-likeness (QED) is 0.284. The molecule has 0 fully saturated rings. The van der Waals surface area contributed by atoms with Gasteiger partial charge in [-0.2, -0.15) is 4.68 Å². The Labute approximate surface area is 176 Å². The van der Waals surface area contributed by atoms with Crippen LogP contribution in [0.25, 0.3) is 5.69 Å². The molecule has 156 valence electrons. The van der Waals surface area contributed by atoms with Gasteiger partial charge in [0.2, 0.25) is 5.16 Å². The molecule has 0 saturated carbocycles. The highest BCUT2D eigenvalue weighted by atomic mass is 32.2. The Hall–Kier alpha value is -3.54. The first kappa shape index (κ1) is 21.2. The number of anilines is 1. The number of hydrogen-bond acceptors (Lipinski definition) is 9. The lowest BCUT2D eigenvalue weighted by atomic mass is 10.2. The fourth-order valence-corrected chi connectivity index (χ4v) is 3.74. The van der Waals surface area contributed by atoms with Gasteiger partial charge in [-0.3, -0.25) is 20.2 Å². The van der Waals surface area contributed by atoms with E-state index in [4.69, 9.17) is 0 Å². The first-order valence-corrected chi connectivity index (χ1v) is 10.1. The third-order valence-electron chi connectivity index (χ3n) is 4.42. The lowest BCUT2D eigenvalue weighted by Gasteiger charge is -2.21. The smallest absolute Gasteiger partial charge is 0.276 e. The molecule has 2 aromatic carbocycles. The highest BCUT2D eigenvalue weighted by molar-refractivity contribution is 7.98. The summed E-state index contributed by atoms with van der Waals surface area (Å²) in [5.74, 6) is 0.237. The van der Waals surface area contributed by atoms with Crippen LogP contribution in [0, 0.1) is 20.2 Å². The van der Waals surface area contributed by atoms with E-state index >= 15 is 0 Å². The van der Waals surface area contributed by atoms with Crippen LogP contribution in [-0.2, 0) is 5.75 Å². The first-order chi connectivity index (χ1) is 14.4. The van der Waals surface area contributed by atoms with E-state index in [1.807, 2.05) is 24.3 Å². The molecule has 0 spiro atoms. The molecule has 11 nitrogen and oxygen atoms in total. The van der Waals surface area contributed by atoms with Crippen molar-refractivity contribution in [2.24, 2.45) is 0 Å². The highest BCUT2D eigenvalue weighted by Crippen LogP contribution is 2.28. The van der Waals surface area contributed by atoms with Gasteiger partial charge >= 0.3 is 0 Å². The minimum absolute atomic E-state index is 0.237. The molecule has 30 heavy (non-hydrogen) atoms. The predicted molar refractivity (Wildman–Crippen MR) is 112 cm³/mol. The van der Waals surface area contributed by atoms with Crippen molar-refractivity contribution >= 4 is 28.8 Å². The van der Waals surface area contributed by atoms with Crippen molar-refractivity contribution in [1.29, 1.82) is 0 Å². The van der Waals surface area contributed by atoms with Gasteiger partial charge in [-0.25, -0.2) is 0 Å². The minimum Gasteiger partial charge on any atom is -0.372 e. The van der Waals surface area contributed by atoms with Crippen molar-refractivity contribution in [3.05, 3.63) is 68.3 Å². The second kappa shape index (κ2) is 9.31. The van der Waals surface area contributed by atoms with Gasteiger partial charge in [0, 0.05) is 36.7 Å². The van der Waals surface area contributed by atoms with E-state index in [0.29, 0.717) is 10.7 Å². The molecule has 0 aliphatic heterocycles. The summed E-state index contributed by atoms with van der Waals surface area (Å²) in [7, 11) is 0. The van der Waals surface area contributed by atoms with Crippen molar-refractivity contribution in [2.45, 2.75) is 24.8 Å². The monoisotopic (exact) mass is 429 g/mol. The lowest BCUT2D eigenvalue weighted by molar-refractivity contribution is -0.394. The van der Waals surface area contributed by atoms with Crippen molar-refractivity contribution < 1.29 is 9.85 Å². The maximum atomic E-state index is 11.1. The fourth-order valence-electron chi connectivity index (χ4n) is 2.92. The second-order valence-corrected chi connectivity index (χ2v) is 7.17. The standard InChI is InChI=1S/C18H19N7O4S/c1-3-22(4-2)14-5-7-15(8-6-14)23-18(19-20-21-23)30-12-13-9-16(24(26)27)11-17(10-13)25(28)29/h5-11H,3-4,12H2,1-2H3. The molecule has 0 bridgehead atoms. The van der Waals surface area contributed by atoms with Gasteiger partial charge in [0.25, 0.3) is 11.4 Å². The summed E-state index contributed by atoms with van der Waals surface area (Å²) < 4.78 is 1.56. The topological polar surface area (TPSA) is 133 Å². The first-order valence-electron chi connectivity index (χ1n) is 9.12. The number of rotatable bonds is 9. The average molecular weight is 429 g/mol. The van der Waals surface area contributed by atoms with Crippen LogP contribution in [0.1, 0.15) is 19.4 Å². The molecule has 0 N–H and O–H groups in total. The Morgan fingerprint density at radius 3 is 2.13 bits per heavy atom. The maximum absolute atomic E-state index is 11.1. The van der Waals surface area contributed by atoms with Crippen LogP contribution >= 0.6 is 11.8 Å². The van der Waals surface area contributed by atoms with Crippen LogP contribution in [0.5, 0.6) is 0 Å². The summed E-state index contributed by atoms with van der Waals surface area (Å²) in [4.78, 5) is 23.0. The van der Waals surface area contributed by atoms with Gasteiger partial charge in [0.05, 0.1) is 21.6 Å². The molecule has 0 unspecified atom stereocenters. The van der Waals surface area contributed by atoms with Gasteiger partial charge in [-0.15, -0.1) is 5.10 Å². The number of nitro groups is 2. The van der Waals surface area contributed by atoms with E-state index in [2.05, 4.69) is 34.3 Å². The summed E-state index contributed by atoms with van der Waals surface area (Å²) in [5, 5.41) is 34.3. The predicted octanol–water partition coefficient (Wildman–Crippen LogP) is 3.62. The Balaban J connectivity index is 1.80. The largest absolute Gasteiger partial charge is 0.372 e. The Kier molecular flexibility index (Phi) is 6.57. The van der Waals surface area contributed by atoms with Crippen LogP contribution in [0.3, 0.4) is 0 Å². The second-order valence-electron chi connectivity index (χ2n) is 6.22. The van der Waals surface area contributed by atoms with Crippen LogP contribution in [-0.4, -0.2) is 43.1 Å². The van der Waals surface area contributed by atoms with Crippen molar-refractivity contribution in [3.63, 3.8) is 0 Å². The molecule has 12 heteroatoms. The molecular weight excluding hydrogens is 410 g/mol. The molecule has 0 saturated heterocycles. The molecule has 0 radical (unpaired) electrons. The van der Waals surface area contributed by atoms with E-state index in [0.717, 1.165) is 30.5 Å². The van der Waals surface area contributed by atoms with Crippen LogP contribution in [0.4, 0.5) is 17.1 Å². The van der Waals surface area contributed by atoms with Crippen molar-refractivity contribution in [2.75, 3.05) is 18.0 Å². The lowest BCUT2D eigenvalue weighted by Crippen LogP contribution is -2.21. The molecule has 3 aromatic rings. The molecule has 0 aliphatic rings. The number of nitro benzene ring substituents is 2. The number of non-ortho nitro benzene ring substituents is 2. The molecule has 0 atom stereocenters. The Bertz CT molecular complexity index is 1020.